The van der Waals surface area contributed by atoms with E-state index in [4.69, 9.17) is 0 Å². The molecule has 2 N–H and O–H groups in total. The lowest BCUT2D eigenvalue weighted by Crippen LogP contribution is -2.35. The van der Waals surface area contributed by atoms with Gasteiger partial charge in [0.05, 0.1) is 5.92 Å². The summed E-state index contributed by atoms with van der Waals surface area (Å²) in [6.07, 6.45) is 2.26. The van der Waals surface area contributed by atoms with E-state index in [9.17, 15) is 9.59 Å². The maximum atomic E-state index is 13.3. The summed E-state index contributed by atoms with van der Waals surface area (Å²) in [4.78, 5) is 27.1. The zero-order valence-electron chi connectivity index (χ0n) is 15.5. The number of carbonyl (C=O) groups is 2. The fraction of sp³-hybridized carbons (Fsp3) is 0.273. The largest absolute Gasteiger partial charge is 0.362 e. The molecule has 2 aliphatic rings. The molecule has 0 bridgehead atoms. The Kier molecular flexibility index (Phi) is 4.70. The van der Waals surface area contributed by atoms with Gasteiger partial charge in [0.25, 0.3) is 5.91 Å². The molecule has 1 aromatic heterocycles. The maximum absolute atomic E-state index is 13.3. The summed E-state index contributed by atoms with van der Waals surface area (Å²) < 4.78 is 0. The highest BCUT2D eigenvalue weighted by Crippen LogP contribution is 2.43. The summed E-state index contributed by atoms with van der Waals surface area (Å²) in [6.45, 7) is 3.90. The Morgan fingerprint density at radius 2 is 1.96 bits per heavy atom. The van der Waals surface area contributed by atoms with Crippen molar-refractivity contribution in [3.63, 3.8) is 0 Å². The van der Waals surface area contributed by atoms with Crippen molar-refractivity contribution in [3.8, 4) is 0 Å². The van der Waals surface area contributed by atoms with E-state index in [1.165, 1.54) is 0 Å². The number of nitrogens with one attached hydrogen (secondary N) is 2. The van der Waals surface area contributed by atoms with Gasteiger partial charge in [0.15, 0.2) is 5.78 Å². The number of ketones is 1. The Balaban J connectivity index is 1.77. The van der Waals surface area contributed by atoms with Crippen LogP contribution in [0, 0.1) is 6.92 Å². The van der Waals surface area contributed by atoms with E-state index in [1.54, 1.807) is 11.3 Å². The molecule has 138 valence electrons. The van der Waals surface area contributed by atoms with Crippen LogP contribution < -0.4 is 10.6 Å². The number of allylic oxidation sites excluding steroid dienone is 3. The first-order chi connectivity index (χ1) is 13.1. The lowest BCUT2D eigenvalue weighted by atomic mass is 9.77. The number of thiophene rings is 1. The van der Waals surface area contributed by atoms with Gasteiger partial charge in [0.2, 0.25) is 0 Å². The van der Waals surface area contributed by atoms with Gasteiger partial charge in [0.1, 0.15) is 0 Å². The zero-order chi connectivity index (χ0) is 19.0. The van der Waals surface area contributed by atoms with E-state index in [0.717, 1.165) is 45.9 Å². The first kappa shape index (κ1) is 17.7. The second-order valence-electron chi connectivity index (χ2n) is 7.05. The smallest absolute Gasteiger partial charge is 0.254 e. The van der Waals surface area contributed by atoms with Crippen molar-refractivity contribution in [1.29, 1.82) is 0 Å². The summed E-state index contributed by atoms with van der Waals surface area (Å²) in [5.41, 5.74) is 5.01. The van der Waals surface area contributed by atoms with E-state index in [2.05, 4.69) is 10.6 Å². The van der Waals surface area contributed by atoms with Gasteiger partial charge in [-0.25, -0.2) is 0 Å². The molecular weight excluding hydrogens is 356 g/mol. The van der Waals surface area contributed by atoms with Crippen LogP contribution in [0.2, 0.25) is 0 Å². The molecule has 1 aliphatic heterocycles. The number of anilines is 1. The van der Waals surface area contributed by atoms with E-state index in [-0.39, 0.29) is 17.6 Å². The van der Waals surface area contributed by atoms with E-state index in [0.29, 0.717) is 12.0 Å². The van der Waals surface area contributed by atoms with Crippen molar-refractivity contribution < 1.29 is 9.59 Å². The van der Waals surface area contributed by atoms with Gasteiger partial charge in [0, 0.05) is 39.5 Å². The van der Waals surface area contributed by atoms with Crippen molar-refractivity contribution in [2.24, 2.45) is 0 Å². The highest BCUT2D eigenvalue weighted by atomic mass is 32.1. The van der Waals surface area contributed by atoms with E-state index >= 15 is 0 Å². The van der Waals surface area contributed by atoms with Gasteiger partial charge in [-0.1, -0.05) is 24.3 Å². The lowest BCUT2D eigenvalue weighted by molar-refractivity contribution is -0.116. The average molecular weight is 378 g/mol. The van der Waals surface area contributed by atoms with Crippen molar-refractivity contribution in [2.75, 3.05) is 5.32 Å². The third-order valence-corrected chi connectivity index (χ3v) is 6.18. The highest BCUT2D eigenvalue weighted by molar-refractivity contribution is 7.10. The van der Waals surface area contributed by atoms with Crippen molar-refractivity contribution in [1.82, 2.24) is 5.32 Å². The minimum atomic E-state index is -0.293. The fourth-order valence-electron chi connectivity index (χ4n) is 3.93. The molecule has 2 aromatic rings. The summed E-state index contributed by atoms with van der Waals surface area (Å²) >= 11 is 1.59. The Morgan fingerprint density at radius 1 is 1.15 bits per heavy atom. The standard InChI is InChI=1S/C22H22N2O2S/c1-13-7-3-4-8-15(13)24-22(26)19-14(2)23-16-9-5-10-17(25)20(16)21(19)18-11-6-12-27-18/h3-4,6-8,11-12,21,23H,5,9-10H2,1-2H3,(H,24,26)/t21-/m1/s1. The zero-order valence-corrected chi connectivity index (χ0v) is 16.3. The number of hydrogen-bond acceptors (Lipinski definition) is 4. The molecule has 1 aliphatic carbocycles. The number of rotatable bonds is 3. The number of dihydropyridines is 1. The van der Waals surface area contributed by atoms with Crippen molar-refractivity contribution >= 4 is 28.7 Å². The summed E-state index contributed by atoms with van der Waals surface area (Å²) in [5.74, 6) is -0.300. The summed E-state index contributed by atoms with van der Waals surface area (Å²) in [7, 11) is 0. The van der Waals surface area contributed by atoms with Gasteiger partial charge in [-0.3, -0.25) is 9.59 Å². The van der Waals surface area contributed by atoms with Crippen LogP contribution in [0.1, 0.15) is 42.5 Å². The molecule has 2 heterocycles. The van der Waals surface area contributed by atoms with Crippen molar-refractivity contribution in [3.05, 3.63) is 74.8 Å². The monoisotopic (exact) mass is 378 g/mol. The molecule has 0 spiro atoms. The average Bonchev–Trinajstić information content (AvgIpc) is 3.17. The van der Waals surface area contributed by atoms with Crippen molar-refractivity contribution in [2.45, 2.75) is 39.0 Å². The molecule has 27 heavy (non-hydrogen) atoms. The number of benzene rings is 1. The summed E-state index contributed by atoms with van der Waals surface area (Å²) in [5, 5.41) is 8.40. The molecule has 0 radical (unpaired) electrons. The van der Waals surface area contributed by atoms with Crippen LogP contribution in [-0.4, -0.2) is 11.7 Å². The number of aryl methyl sites for hydroxylation is 1. The van der Waals surface area contributed by atoms with E-state index in [1.807, 2.05) is 55.6 Å². The molecule has 4 nitrogen and oxygen atoms in total. The van der Waals surface area contributed by atoms with Crippen LogP contribution in [0.15, 0.2) is 64.3 Å². The number of amides is 1. The van der Waals surface area contributed by atoms with Crippen LogP contribution >= 0.6 is 11.3 Å². The Hall–Kier alpha value is -2.66. The third kappa shape index (κ3) is 3.23. The van der Waals surface area contributed by atoms with Crippen LogP contribution in [0.5, 0.6) is 0 Å². The Morgan fingerprint density at radius 3 is 2.70 bits per heavy atom. The minimum absolute atomic E-state index is 0.149. The first-order valence-corrected chi connectivity index (χ1v) is 10.1. The highest BCUT2D eigenvalue weighted by Gasteiger charge is 2.38. The molecule has 1 atom stereocenters. The maximum Gasteiger partial charge on any atom is 0.254 e. The molecular formula is C22H22N2O2S. The predicted molar refractivity (Wildman–Crippen MR) is 109 cm³/mol. The quantitative estimate of drug-likeness (QED) is 0.816. The first-order valence-electron chi connectivity index (χ1n) is 9.20. The molecule has 0 unspecified atom stereocenters. The second kappa shape index (κ2) is 7.16. The van der Waals surface area contributed by atoms with Gasteiger partial charge in [-0.05, 0) is 49.8 Å². The summed E-state index contributed by atoms with van der Waals surface area (Å²) in [6, 6.07) is 11.7. The third-order valence-electron chi connectivity index (χ3n) is 5.24. The Labute approximate surface area is 163 Å². The fourth-order valence-corrected chi connectivity index (χ4v) is 4.77. The van der Waals surface area contributed by atoms with Crippen LogP contribution in [-0.2, 0) is 9.59 Å². The normalized spacial score (nSPS) is 19.6. The molecule has 0 saturated carbocycles. The molecule has 4 rings (SSSR count). The molecule has 1 amide bonds. The van der Waals surface area contributed by atoms with Crippen LogP contribution in [0.4, 0.5) is 5.69 Å². The van der Waals surface area contributed by atoms with Gasteiger partial charge < -0.3 is 10.6 Å². The predicted octanol–water partition coefficient (Wildman–Crippen LogP) is 4.66. The van der Waals surface area contributed by atoms with Crippen LogP contribution in [0.25, 0.3) is 0 Å². The molecule has 5 heteroatoms. The van der Waals surface area contributed by atoms with Gasteiger partial charge >= 0.3 is 0 Å². The van der Waals surface area contributed by atoms with Crippen LogP contribution in [0.3, 0.4) is 0 Å². The topological polar surface area (TPSA) is 58.2 Å². The van der Waals surface area contributed by atoms with Gasteiger partial charge in [-0.15, -0.1) is 11.3 Å². The number of Topliss-reactive ketones (excluding diaryl/α,β-unsaturated/α-hetero) is 1. The number of hydrogen-bond donors (Lipinski definition) is 2. The van der Waals surface area contributed by atoms with E-state index < -0.39 is 0 Å². The SMILES string of the molecule is CC1=C(C(=O)Nc2ccccc2C)[C@@H](c2cccs2)C2=C(CCCC2=O)N1. The minimum Gasteiger partial charge on any atom is -0.362 e. The lowest BCUT2D eigenvalue weighted by Gasteiger charge is -2.34. The molecule has 0 saturated heterocycles. The second-order valence-corrected chi connectivity index (χ2v) is 8.03. The Bertz CT molecular complexity index is 970. The molecule has 1 aromatic carbocycles. The number of para-hydroxylation sites is 1. The van der Waals surface area contributed by atoms with Gasteiger partial charge in [-0.2, -0.15) is 0 Å². The molecule has 0 fully saturated rings. The number of carbonyl (C=O) groups excluding carboxylic acids is 2.